The van der Waals surface area contributed by atoms with E-state index in [1.165, 1.54) is 12.1 Å². The van der Waals surface area contributed by atoms with Crippen LogP contribution in [0.1, 0.15) is 60.8 Å². The van der Waals surface area contributed by atoms with Crippen LogP contribution in [-0.4, -0.2) is 49.2 Å². The molecule has 0 bridgehead atoms. The summed E-state index contributed by atoms with van der Waals surface area (Å²) < 4.78 is 15.1. The summed E-state index contributed by atoms with van der Waals surface area (Å²) in [6, 6.07) is 14.7. The minimum absolute atomic E-state index is 0.0879. The molecule has 3 rings (SSSR count). The van der Waals surface area contributed by atoms with Crippen LogP contribution in [0.15, 0.2) is 54.6 Å². The summed E-state index contributed by atoms with van der Waals surface area (Å²) >= 11 is 0. The second kappa shape index (κ2) is 11.7. The van der Waals surface area contributed by atoms with Crippen molar-refractivity contribution in [1.29, 1.82) is 0 Å². The number of aliphatic carboxylic acids is 1. The van der Waals surface area contributed by atoms with Crippen LogP contribution in [0.2, 0.25) is 0 Å². The molecule has 0 saturated carbocycles. The molecule has 1 aromatic heterocycles. The Morgan fingerprint density at radius 3 is 2.29 bits per heavy atom. The zero-order valence-corrected chi connectivity index (χ0v) is 19.7. The van der Waals surface area contributed by atoms with Crippen LogP contribution in [0, 0.1) is 5.82 Å². The van der Waals surface area contributed by atoms with Crippen molar-refractivity contribution in [2.75, 3.05) is 5.32 Å². The number of carbonyl (C=O) groups excluding carboxylic acids is 1. The lowest BCUT2D eigenvalue weighted by molar-refractivity contribution is -0.139. The maximum atomic E-state index is 13.6. The number of carboxylic acids is 1. The fourth-order valence-electron chi connectivity index (χ4n) is 4.01. The van der Waals surface area contributed by atoms with Gasteiger partial charge in [-0.3, -0.25) is 9.59 Å². The van der Waals surface area contributed by atoms with Crippen LogP contribution in [0.5, 0.6) is 0 Å². The maximum Gasteiger partial charge on any atom is 0.305 e. The molecule has 2 aromatic carbocycles. The highest BCUT2D eigenvalue weighted by Crippen LogP contribution is 2.29. The van der Waals surface area contributed by atoms with Gasteiger partial charge < -0.3 is 20.6 Å². The molecule has 35 heavy (non-hydrogen) atoms. The number of nitrogens with one attached hydrogen (secondary N) is 1. The molecular formula is C26H30FN3O5. The number of para-hydroxylation sites is 1. The number of hydrogen-bond acceptors (Lipinski definition) is 5. The molecule has 186 valence electrons. The molecule has 3 aromatic rings. The number of carbonyl (C=O) groups is 2. The van der Waals surface area contributed by atoms with Crippen molar-refractivity contribution in [2.45, 2.75) is 57.7 Å². The predicted octanol–water partition coefficient (Wildman–Crippen LogP) is 3.91. The van der Waals surface area contributed by atoms with Gasteiger partial charge in [-0.05, 0) is 61.6 Å². The molecule has 0 radical (unpaired) electrons. The molecule has 0 spiro atoms. The lowest BCUT2D eigenvalue weighted by atomic mass is 9.95. The van der Waals surface area contributed by atoms with Crippen molar-refractivity contribution in [3.63, 3.8) is 0 Å². The second-order valence-corrected chi connectivity index (χ2v) is 8.75. The second-order valence-electron chi connectivity index (χ2n) is 8.75. The number of nitrogens with zero attached hydrogens (tertiary/aromatic N) is 2. The zero-order valence-electron chi connectivity index (χ0n) is 19.7. The van der Waals surface area contributed by atoms with Gasteiger partial charge in [-0.2, -0.15) is 5.10 Å². The summed E-state index contributed by atoms with van der Waals surface area (Å²) in [6.45, 7) is 3.86. The van der Waals surface area contributed by atoms with Crippen molar-refractivity contribution in [1.82, 2.24) is 9.78 Å². The Balaban J connectivity index is 1.95. The van der Waals surface area contributed by atoms with Gasteiger partial charge in [-0.15, -0.1) is 0 Å². The van der Waals surface area contributed by atoms with Crippen molar-refractivity contribution >= 4 is 17.6 Å². The molecule has 2 unspecified atom stereocenters. The summed E-state index contributed by atoms with van der Waals surface area (Å²) in [5.41, 5.74) is 2.77. The molecule has 0 saturated heterocycles. The van der Waals surface area contributed by atoms with Gasteiger partial charge in [0.1, 0.15) is 5.82 Å². The predicted molar refractivity (Wildman–Crippen MR) is 129 cm³/mol. The normalized spacial score (nSPS) is 13.0. The first kappa shape index (κ1) is 26.1. The number of aliphatic hydroxyl groups is 2. The van der Waals surface area contributed by atoms with E-state index in [2.05, 4.69) is 10.4 Å². The summed E-state index contributed by atoms with van der Waals surface area (Å²) in [5, 5.41) is 36.5. The standard InChI is InChI=1S/C26H30FN3O5/c1-16(2)24-22(13-12-20(31)14-21(32)15-23(33)34)30(19-10-8-17(27)9-11-19)29-25(24)26(35)28-18-6-4-3-5-7-18/h3-11,16,20-21,31-32H,12-15H2,1-2H3,(H,28,35)(H,33,34). The number of aliphatic hydroxyl groups excluding tert-OH is 2. The Kier molecular flexibility index (Phi) is 8.73. The van der Waals surface area contributed by atoms with Crippen molar-refractivity contribution < 1.29 is 29.3 Å². The number of benzene rings is 2. The van der Waals surface area contributed by atoms with Crippen molar-refractivity contribution in [3.05, 3.63) is 77.4 Å². The van der Waals surface area contributed by atoms with Crippen molar-refractivity contribution in [2.24, 2.45) is 0 Å². The largest absolute Gasteiger partial charge is 0.481 e. The molecule has 1 heterocycles. The van der Waals surface area contributed by atoms with Crippen LogP contribution in [0.3, 0.4) is 0 Å². The van der Waals surface area contributed by atoms with Crippen LogP contribution < -0.4 is 5.32 Å². The summed E-state index contributed by atoms with van der Waals surface area (Å²) in [7, 11) is 0. The minimum atomic E-state index is -1.17. The molecule has 9 heteroatoms. The molecule has 1 amide bonds. The number of rotatable bonds is 11. The maximum absolute atomic E-state index is 13.6. The van der Waals surface area contributed by atoms with E-state index in [-0.39, 0.29) is 30.4 Å². The number of halogens is 1. The Morgan fingerprint density at radius 1 is 1.03 bits per heavy atom. The minimum Gasteiger partial charge on any atom is -0.481 e. The highest BCUT2D eigenvalue weighted by Gasteiger charge is 2.26. The molecule has 0 fully saturated rings. The number of carboxylic acid groups (broad SMARTS) is 1. The Labute approximate surface area is 203 Å². The van der Waals surface area contributed by atoms with Crippen LogP contribution in [-0.2, 0) is 11.2 Å². The number of hydrogen-bond donors (Lipinski definition) is 4. The highest BCUT2D eigenvalue weighted by atomic mass is 19.1. The molecule has 0 aliphatic heterocycles. The Morgan fingerprint density at radius 2 is 1.69 bits per heavy atom. The average Bonchev–Trinajstić information content (AvgIpc) is 3.18. The van der Waals surface area contributed by atoms with Gasteiger partial charge in [0.25, 0.3) is 5.91 Å². The van der Waals surface area contributed by atoms with Gasteiger partial charge in [0, 0.05) is 16.9 Å². The first-order valence-electron chi connectivity index (χ1n) is 11.5. The van der Waals surface area contributed by atoms with E-state index in [1.807, 2.05) is 32.0 Å². The van der Waals surface area contributed by atoms with E-state index in [0.717, 1.165) is 0 Å². The first-order valence-corrected chi connectivity index (χ1v) is 11.5. The average molecular weight is 484 g/mol. The topological polar surface area (TPSA) is 125 Å². The molecule has 4 N–H and O–H groups in total. The summed E-state index contributed by atoms with van der Waals surface area (Å²) in [5.74, 6) is -2.03. The third kappa shape index (κ3) is 6.97. The smallest absolute Gasteiger partial charge is 0.305 e. The Bertz CT molecular complexity index is 1150. The quantitative estimate of drug-likeness (QED) is 0.328. The molecular weight excluding hydrogens is 453 g/mol. The van der Waals surface area contributed by atoms with Crippen molar-refractivity contribution in [3.8, 4) is 5.69 Å². The van der Waals surface area contributed by atoms with E-state index in [1.54, 1.807) is 28.9 Å². The van der Waals surface area contributed by atoms with Gasteiger partial charge in [-0.1, -0.05) is 32.0 Å². The van der Waals surface area contributed by atoms with Gasteiger partial charge in [0.15, 0.2) is 5.69 Å². The van der Waals surface area contributed by atoms with E-state index >= 15 is 0 Å². The van der Waals surface area contributed by atoms with Gasteiger partial charge in [0.2, 0.25) is 0 Å². The lowest BCUT2D eigenvalue weighted by Crippen LogP contribution is -2.21. The van der Waals surface area contributed by atoms with Crippen LogP contribution >= 0.6 is 0 Å². The SMILES string of the molecule is CC(C)c1c(C(=O)Nc2ccccc2)nn(-c2ccc(F)cc2)c1CCC(O)CC(O)CC(=O)O. The molecule has 8 nitrogen and oxygen atoms in total. The van der Waals surface area contributed by atoms with Crippen LogP contribution in [0.25, 0.3) is 5.69 Å². The first-order chi connectivity index (χ1) is 16.7. The molecule has 0 aliphatic carbocycles. The number of anilines is 1. The van der Waals surface area contributed by atoms with Gasteiger partial charge >= 0.3 is 5.97 Å². The van der Waals surface area contributed by atoms with Gasteiger partial charge in [0.05, 0.1) is 24.3 Å². The number of aromatic nitrogens is 2. The third-order valence-electron chi connectivity index (χ3n) is 5.59. The van der Waals surface area contributed by atoms with Crippen LogP contribution in [0.4, 0.5) is 10.1 Å². The monoisotopic (exact) mass is 483 g/mol. The third-order valence-corrected chi connectivity index (χ3v) is 5.59. The zero-order chi connectivity index (χ0) is 25.5. The van der Waals surface area contributed by atoms with E-state index < -0.39 is 30.4 Å². The summed E-state index contributed by atoms with van der Waals surface area (Å²) in [6.07, 6.45) is -2.15. The van der Waals surface area contributed by atoms with E-state index in [0.29, 0.717) is 29.1 Å². The molecule has 0 aliphatic rings. The highest BCUT2D eigenvalue weighted by molar-refractivity contribution is 6.04. The lowest BCUT2D eigenvalue weighted by Gasteiger charge is -2.16. The van der Waals surface area contributed by atoms with E-state index in [9.17, 15) is 24.2 Å². The fourth-order valence-corrected chi connectivity index (χ4v) is 4.01. The fraction of sp³-hybridized carbons (Fsp3) is 0.346. The summed E-state index contributed by atoms with van der Waals surface area (Å²) in [4.78, 5) is 24.0. The van der Waals surface area contributed by atoms with E-state index in [4.69, 9.17) is 5.11 Å². The molecule has 2 atom stereocenters. The Hall–Kier alpha value is -3.56. The van der Waals surface area contributed by atoms with Gasteiger partial charge in [-0.25, -0.2) is 9.07 Å². The number of amides is 1.